The minimum Gasteiger partial charge on any atom is -0.492 e. The standard InChI is InChI=1S/C17H17ClN4O2/c1-22(8-9-23-15-6-2-5-14(18)10-15)12-16-20-17(21-24-16)13-4-3-7-19-11-13/h2-7,10-11H,8-9,12H2,1H3. The Morgan fingerprint density at radius 1 is 1.25 bits per heavy atom. The van der Waals surface area contributed by atoms with Gasteiger partial charge in [-0.2, -0.15) is 4.98 Å². The average molecular weight is 345 g/mol. The summed E-state index contributed by atoms with van der Waals surface area (Å²) in [5.74, 6) is 1.85. The van der Waals surface area contributed by atoms with E-state index in [1.165, 1.54) is 0 Å². The first-order chi connectivity index (χ1) is 11.7. The normalized spacial score (nSPS) is 11.0. The second-order valence-corrected chi connectivity index (χ2v) is 5.73. The van der Waals surface area contributed by atoms with Crippen molar-refractivity contribution >= 4 is 11.6 Å². The molecule has 2 aromatic heterocycles. The number of pyridine rings is 1. The van der Waals surface area contributed by atoms with Crippen LogP contribution in [0.5, 0.6) is 5.75 Å². The van der Waals surface area contributed by atoms with E-state index in [-0.39, 0.29) is 0 Å². The smallest absolute Gasteiger partial charge is 0.241 e. The van der Waals surface area contributed by atoms with E-state index in [9.17, 15) is 0 Å². The molecule has 1 aromatic carbocycles. The Hall–Kier alpha value is -2.44. The summed E-state index contributed by atoms with van der Waals surface area (Å²) < 4.78 is 10.9. The van der Waals surface area contributed by atoms with Gasteiger partial charge in [-0.05, 0) is 37.4 Å². The highest BCUT2D eigenvalue weighted by atomic mass is 35.5. The number of halogens is 1. The first-order valence-electron chi connectivity index (χ1n) is 7.50. The molecular weight excluding hydrogens is 328 g/mol. The molecule has 7 heteroatoms. The molecule has 0 amide bonds. The van der Waals surface area contributed by atoms with Gasteiger partial charge in [0.2, 0.25) is 11.7 Å². The summed E-state index contributed by atoms with van der Waals surface area (Å²) in [7, 11) is 1.97. The van der Waals surface area contributed by atoms with Gasteiger partial charge in [0.15, 0.2) is 0 Å². The van der Waals surface area contributed by atoms with Crippen LogP contribution in [-0.4, -0.2) is 40.2 Å². The van der Waals surface area contributed by atoms with E-state index >= 15 is 0 Å². The lowest BCUT2D eigenvalue weighted by atomic mass is 10.3. The van der Waals surface area contributed by atoms with Gasteiger partial charge in [-0.15, -0.1) is 0 Å². The first-order valence-corrected chi connectivity index (χ1v) is 7.88. The summed E-state index contributed by atoms with van der Waals surface area (Å²) in [5.41, 5.74) is 0.833. The van der Waals surface area contributed by atoms with Crippen molar-refractivity contribution in [3.05, 3.63) is 59.7 Å². The minimum absolute atomic E-state index is 0.542. The Bertz CT molecular complexity index is 779. The number of likely N-dealkylation sites (N-methyl/N-ethyl adjacent to an activating group) is 1. The van der Waals surface area contributed by atoms with Crippen LogP contribution >= 0.6 is 11.6 Å². The van der Waals surface area contributed by atoms with Crippen LogP contribution in [0.4, 0.5) is 0 Å². The van der Waals surface area contributed by atoms with Gasteiger partial charge in [0.25, 0.3) is 0 Å². The molecule has 3 aromatic rings. The Morgan fingerprint density at radius 3 is 2.96 bits per heavy atom. The number of ether oxygens (including phenoxy) is 1. The second-order valence-electron chi connectivity index (χ2n) is 5.30. The van der Waals surface area contributed by atoms with Crippen LogP contribution < -0.4 is 4.74 Å². The number of hydrogen-bond acceptors (Lipinski definition) is 6. The lowest BCUT2D eigenvalue weighted by Gasteiger charge is -2.14. The molecular formula is C17H17ClN4O2. The van der Waals surface area contributed by atoms with E-state index in [0.29, 0.717) is 29.9 Å². The summed E-state index contributed by atoms with van der Waals surface area (Å²) in [4.78, 5) is 10.5. The molecule has 124 valence electrons. The predicted molar refractivity (Wildman–Crippen MR) is 90.8 cm³/mol. The van der Waals surface area contributed by atoms with Crippen LogP contribution in [-0.2, 0) is 6.54 Å². The van der Waals surface area contributed by atoms with Crippen molar-refractivity contribution in [1.82, 2.24) is 20.0 Å². The third-order valence-corrected chi connectivity index (χ3v) is 3.57. The van der Waals surface area contributed by atoms with Crippen molar-refractivity contribution in [2.24, 2.45) is 0 Å². The van der Waals surface area contributed by atoms with Crippen LogP contribution in [0.25, 0.3) is 11.4 Å². The molecule has 0 spiro atoms. The lowest BCUT2D eigenvalue weighted by Crippen LogP contribution is -2.24. The van der Waals surface area contributed by atoms with Crippen molar-refractivity contribution < 1.29 is 9.26 Å². The van der Waals surface area contributed by atoms with Crippen LogP contribution in [0.3, 0.4) is 0 Å². The Kier molecular flexibility index (Phi) is 5.40. The number of nitrogens with zero attached hydrogens (tertiary/aromatic N) is 4. The van der Waals surface area contributed by atoms with Crippen molar-refractivity contribution in [2.75, 3.05) is 20.2 Å². The topological polar surface area (TPSA) is 64.3 Å². The van der Waals surface area contributed by atoms with Crippen LogP contribution in [0, 0.1) is 0 Å². The van der Waals surface area contributed by atoms with E-state index in [4.69, 9.17) is 20.9 Å². The number of aromatic nitrogens is 3. The zero-order valence-corrected chi connectivity index (χ0v) is 14.0. The van der Waals surface area contributed by atoms with E-state index in [0.717, 1.165) is 17.9 Å². The van der Waals surface area contributed by atoms with Crippen LogP contribution in [0.2, 0.25) is 5.02 Å². The summed E-state index contributed by atoms with van der Waals surface area (Å²) in [6, 6.07) is 11.1. The van der Waals surface area contributed by atoms with E-state index < -0.39 is 0 Å². The van der Waals surface area contributed by atoms with E-state index in [1.807, 2.05) is 42.3 Å². The number of hydrogen-bond donors (Lipinski definition) is 0. The Balaban J connectivity index is 1.48. The van der Waals surface area contributed by atoms with Crippen LogP contribution in [0.1, 0.15) is 5.89 Å². The summed E-state index contributed by atoms with van der Waals surface area (Å²) in [5, 5.41) is 4.64. The Morgan fingerprint density at radius 2 is 2.17 bits per heavy atom. The zero-order valence-electron chi connectivity index (χ0n) is 13.2. The molecule has 0 aliphatic rings. The highest BCUT2D eigenvalue weighted by Gasteiger charge is 2.10. The molecule has 0 fully saturated rings. The number of benzene rings is 1. The number of rotatable bonds is 7. The summed E-state index contributed by atoms with van der Waals surface area (Å²) >= 11 is 5.92. The molecule has 0 saturated carbocycles. The van der Waals surface area contributed by atoms with Gasteiger partial charge in [0, 0.05) is 29.5 Å². The van der Waals surface area contributed by atoms with Gasteiger partial charge in [-0.25, -0.2) is 0 Å². The molecule has 0 unspecified atom stereocenters. The third-order valence-electron chi connectivity index (χ3n) is 3.33. The SMILES string of the molecule is CN(CCOc1cccc(Cl)c1)Cc1nc(-c2cccnc2)no1. The van der Waals surface area contributed by atoms with E-state index in [1.54, 1.807) is 18.5 Å². The lowest BCUT2D eigenvalue weighted by molar-refractivity contribution is 0.213. The van der Waals surface area contributed by atoms with E-state index in [2.05, 4.69) is 15.1 Å². The fraction of sp³-hybridized carbons (Fsp3) is 0.235. The van der Waals surface area contributed by atoms with Gasteiger partial charge >= 0.3 is 0 Å². The first kappa shape index (κ1) is 16.4. The maximum Gasteiger partial charge on any atom is 0.241 e. The second kappa shape index (κ2) is 7.90. The molecule has 0 aliphatic carbocycles. The zero-order chi connectivity index (χ0) is 16.8. The van der Waals surface area contributed by atoms with Gasteiger partial charge in [-0.3, -0.25) is 9.88 Å². The van der Waals surface area contributed by atoms with Crippen LogP contribution in [0.15, 0.2) is 53.3 Å². The molecule has 0 saturated heterocycles. The summed E-state index contributed by atoms with van der Waals surface area (Å²) in [6.45, 7) is 1.81. The predicted octanol–water partition coefficient (Wildman–Crippen LogP) is 3.30. The van der Waals surface area contributed by atoms with Gasteiger partial charge in [0.1, 0.15) is 12.4 Å². The fourth-order valence-corrected chi connectivity index (χ4v) is 2.30. The van der Waals surface area contributed by atoms with Crippen molar-refractivity contribution in [3.63, 3.8) is 0 Å². The maximum absolute atomic E-state index is 5.92. The van der Waals surface area contributed by atoms with Crippen molar-refractivity contribution in [3.8, 4) is 17.1 Å². The highest BCUT2D eigenvalue weighted by molar-refractivity contribution is 6.30. The van der Waals surface area contributed by atoms with Gasteiger partial charge in [0.05, 0.1) is 6.54 Å². The molecule has 24 heavy (non-hydrogen) atoms. The molecule has 0 radical (unpaired) electrons. The third kappa shape index (κ3) is 4.53. The minimum atomic E-state index is 0.542. The average Bonchev–Trinajstić information content (AvgIpc) is 3.04. The maximum atomic E-state index is 5.92. The van der Waals surface area contributed by atoms with Gasteiger partial charge in [-0.1, -0.05) is 22.8 Å². The quantitative estimate of drug-likeness (QED) is 0.655. The fourth-order valence-electron chi connectivity index (χ4n) is 2.12. The summed E-state index contributed by atoms with van der Waals surface area (Å²) in [6.07, 6.45) is 3.41. The van der Waals surface area contributed by atoms with Crippen molar-refractivity contribution in [2.45, 2.75) is 6.54 Å². The molecule has 3 rings (SSSR count). The monoisotopic (exact) mass is 344 g/mol. The largest absolute Gasteiger partial charge is 0.492 e. The molecule has 0 N–H and O–H groups in total. The Labute approximate surface area is 145 Å². The molecule has 0 aliphatic heterocycles. The van der Waals surface area contributed by atoms with Gasteiger partial charge < -0.3 is 9.26 Å². The molecule has 0 atom stereocenters. The molecule has 6 nitrogen and oxygen atoms in total. The van der Waals surface area contributed by atoms with Crippen molar-refractivity contribution in [1.29, 1.82) is 0 Å². The molecule has 0 bridgehead atoms. The molecule has 2 heterocycles. The highest BCUT2D eigenvalue weighted by Crippen LogP contribution is 2.17.